The SMILES string of the molecule is CCOCCOCCOc1ccc(/C=C/C[C@H]2OC(C)(C3CC3)OC2=O)cc1. The number of benzene rings is 1. The average molecular weight is 390 g/mol. The minimum absolute atomic E-state index is 0.258. The van der Waals surface area contributed by atoms with Gasteiger partial charge in [0.2, 0.25) is 5.79 Å². The Hall–Kier alpha value is -1.89. The molecule has 1 aliphatic carbocycles. The average Bonchev–Trinajstić information content (AvgIpc) is 3.49. The van der Waals surface area contributed by atoms with E-state index < -0.39 is 11.9 Å². The van der Waals surface area contributed by atoms with Crippen molar-refractivity contribution in [1.29, 1.82) is 0 Å². The lowest BCUT2D eigenvalue weighted by Gasteiger charge is -2.21. The van der Waals surface area contributed by atoms with Gasteiger partial charge < -0.3 is 23.7 Å². The molecule has 1 unspecified atom stereocenters. The van der Waals surface area contributed by atoms with Crippen molar-refractivity contribution in [3.05, 3.63) is 35.9 Å². The third-order valence-corrected chi connectivity index (χ3v) is 4.87. The highest BCUT2D eigenvalue weighted by atomic mass is 16.8. The van der Waals surface area contributed by atoms with Crippen molar-refractivity contribution in [2.75, 3.05) is 33.0 Å². The molecular weight excluding hydrogens is 360 g/mol. The van der Waals surface area contributed by atoms with E-state index in [0.717, 1.165) is 24.2 Å². The van der Waals surface area contributed by atoms with Crippen LogP contribution in [0.5, 0.6) is 5.75 Å². The third-order valence-electron chi connectivity index (χ3n) is 4.87. The lowest BCUT2D eigenvalue weighted by Crippen LogP contribution is -2.29. The molecule has 1 aromatic carbocycles. The largest absolute Gasteiger partial charge is 0.491 e. The highest BCUT2D eigenvalue weighted by Gasteiger charge is 2.53. The quantitative estimate of drug-likeness (QED) is 0.401. The van der Waals surface area contributed by atoms with Gasteiger partial charge in [0.15, 0.2) is 6.10 Å². The van der Waals surface area contributed by atoms with Crippen LogP contribution in [0.2, 0.25) is 0 Å². The lowest BCUT2D eigenvalue weighted by molar-refractivity contribution is -0.178. The molecule has 3 rings (SSSR count). The number of rotatable bonds is 12. The molecule has 0 aromatic heterocycles. The first-order chi connectivity index (χ1) is 13.6. The van der Waals surface area contributed by atoms with Gasteiger partial charge in [-0.2, -0.15) is 0 Å². The molecule has 6 nitrogen and oxygen atoms in total. The molecule has 1 heterocycles. The van der Waals surface area contributed by atoms with E-state index in [4.69, 9.17) is 23.7 Å². The third kappa shape index (κ3) is 6.06. The van der Waals surface area contributed by atoms with Crippen molar-refractivity contribution in [1.82, 2.24) is 0 Å². The highest BCUT2D eigenvalue weighted by Crippen LogP contribution is 2.46. The first kappa shape index (κ1) is 20.8. The van der Waals surface area contributed by atoms with Crippen LogP contribution in [0.3, 0.4) is 0 Å². The summed E-state index contributed by atoms with van der Waals surface area (Å²) < 4.78 is 27.6. The smallest absolute Gasteiger partial charge is 0.338 e. The summed E-state index contributed by atoms with van der Waals surface area (Å²) in [5.74, 6) is 0.175. The second-order valence-electron chi connectivity index (χ2n) is 7.18. The molecule has 1 saturated carbocycles. The molecule has 2 fully saturated rings. The molecule has 1 aromatic rings. The topological polar surface area (TPSA) is 63.2 Å². The van der Waals surface area contributed by atoms with Gasteiger partial charge in [-0.3, -0.25) is 0 Å². The van der Waals surface area contributed by atoms with Crippen LogP contribution in [-0.4, -0.2) is 50.9 Å². The van der Waals surface area contributed by atoms with Gasteiger partial charge in [0.05, 0.1) is 19.8 Å². The fourth-order valence-corrected chi connectivity index (χ4v) is 3.14. The minimum atomic E-state index is -0.721. The number of carbonyl (C=O) groups excluding carboxylic acids is 1. The van der Waals surface area contributed by atoms with E-state index in [1.165, 1.54) is 0 Å². The number of hydrogen-bond acceptors (Lipinski definition) is 6. The Kier molecular flexibility index (Phi) is 7.48. The Labute approximate surface area is 166 Å². The Morgan fingerprint density at radius 2 is 1.82 bits per heavy atom. The van der Waals surface area contributed by atoms with Gasteiger partial charge in [0, 0.05) is 25.9 Å². The van der Waals surface area contributed by atoms with Crippen molar-refractivity contribution >= 4 is 12.0 Å². The maximum Gasteiger partial charge on any atom is 0.338 e. The Morgan fingerprint density at radius 3 is 2.54 bits per heavy atom. The summed E-state index contributed by atoms with van der Waals surface area (Å²) in [6.45, 7) is 6.77. The van der Waals surface area contributed by atoms with Crippen LogP contribution < -0.4 is 4.74 Å². The van der Waals surface area contributed by atoms with E-state index in [-0.39, 0.29) is 5.97 Å². The molecule has 2 atom stereocenters. The predicted molar refractivity (Wildman–Crippen MR) is 105 cm³/mol. The zero-order valence-electron chi connectivity index (χ0n) is 16.7. The summed E-state index contributed by atoms with van der Waals surface area (Å²) in [5, 5.41) is 0. The van der Waals surface area contributed by atoms with Crippen LogP contribution in [-0.2, 0) is 23.7 Å². The molecule has 0 bridgehead atoms. The minimum Gasteiger partial charge on any atom is -0.491 e. The van der Waals surface area contributed by atoms with Gasteiger partial charge in [-0.05, 0) is 37.5 Å². The van der Waals surface area contributed by atoms with Crippen LogP contribution in [0.1, 0.15) is 38.7 Å². The second kappa shape index (κ2) is 10.0. The van der Waals surface area contributed by atoms with E-state index in [1.807, 2.05) is 50.3 Å². The van der Waals surface area contributed by atoms with Gasteiger partial charge in [0.1, 0.15) is 12.4 Å². The first-order valence-corrected chi connectivity index (χ1v) is 10.1. The molecule has 1 saturated heterocycles. The van der Waals surface area contributed by atoms with E-state index in [0.29, 0.717) is 45.4 Å². The number of hydrogen-bond donors (Lipinski definition) is 0. The molecule has 0 radical (unpaired) electrons. The van der Waals surface area contributed by atoms with Crippen molar-refractivity contribution in [2.24, 2.45) is 5.92 Å². The van der Waals surface area contributed by atoms with Crippen LogP contribution in [0.25, 0.3) is 6.08 Å². The van der Waals surface area contributed by atoms with Crippen molar-refractivity contribution in [3.63, 3.8) is 0 Å². The van der Waals surface area contributed by atoms with Crippen molar-refractivity contribution in [3.8, 4) is 5.75 Å². The molecule has 2 aliphatic rings. The highest BCUT2D eigenvalue weighted by molar-refractivity contribution is 5.77. The van der Waals surface area contributed by atoms with Gasteiger partial charge in [-0.1, -0.05) is 24.3 Å². The van der Waals surface area contributed by atoms with Gasteiger partial charge in [-0.25, -0.2) is 4.79 Å². The molecule has 1 aliphatic heterocycles. The van der Waals surface area contributed by atoms with E-state index >= 15 is 0 Å². The Balaban J connectivity index is 1.35. The predicted octanol–water partition coefficient (Wildman–Crippen LogP) is 3.59. The molecule has 154 valence electrons. The molecular formula is C22H30O6. The maximum atomic E-state index is 12.0. The Morgan fingerprint density at radius 1 is 1.11 bits per heavy atom. The van der Waals surface area contributed by atoms with Crippen molar-refractivity contribution in [2.45, 2.75) is 45.0 Å². The zero-order chi connectivity index (χ0) is 19.8. The summed E-state index contributed by atoms with van der Waals surface area (Å²) >= 11 is 0. The lowest BCUT2D eigenvalue weighted by atomic mass is 10.1. The van der Waals surface area contributed by atoms with Crippen LogP contribution >= 0.6 is 0 Å². The van der Waals surface area contributed by atoms with E-state index in [9.17, 15) is 4.79 Å². The fraction of sp³-hybridized carbons (Fsp3) is 0.591. The number of carbonyl (C=O) groups is 1. The zero-order valence-corrected chi connectivity index (χ0v) is 16.7. The van der Waals surface area contributed by atoms with Crippen LogP contribution in [0.15, 0.2) is 30.3 Å². The molecule has 0 N–H and O–H groups in total. The monoisotopic (exact) mass is 390 g/mol. The first-order valence-electron chi connectivity index (χ1n) is 10.1. The van der Waals surface area contributed by atoms with Gasteiger partial charge in [-0.15, -0.1) is 0 Å². The number of cyclic esters (lactones) is 1. The van der Waals surface area contributed by atoms with Crippen molar-refractivity contribution < 1.29 is 28.5 Å². The summed E-state index contributed by atoms with van der Waals surface area (Å²) in [5.41, 5.74) is 1.04. The number of ether oxygens (including phenoxy) is 5. The summed E-state index contributed by atoms with van der Waals surface area (Å²) in [7, 11) is 0. The normalized spacial score (nSPS) is 24.6. The molecule has 28 heavy (non-hydrogen) atoms. The summed E-state index contributed by atoms with van der Waals surface area (Å²) in [6, 6.07) is 7.79. The maximum absolute atomic E-state index is 12.0. The Bertz CT molecular complexity index is 651. The summed E-state index contributed by atoms with van der Waals surface area (Å²) in [6.07, 6.45) is 6.07. The fourth-order valence-electron chi connectivity index (χ4n) is 3.14. The standard InChI is InChI=1S/C22H30O6/c1-3-24-13-14-25-15-16-26-19-11-7-17(8-12-19)5-4-6-20-21(23)28-22(2,27-20)18-9-10-18/h4-5,7-8,11-12,18,20H,3,6,9-10,13-16H2,1-2H3/b5-4+/t20-,22?/m1/s1. The van der Waals surface area contributed by atoms with E-state index in [1.54, 1.807) is 0 Å². The number of esters is 1. The molecule has 0 amide bonds. The van der Waals surface area contributed by atoms with Crippen LogP contribution in [0.4, 0.5) is 0 Å². The molecule has 6 heteroatoms. The van der Waals surface area contributed by atoms with Crippen LogP contribution in [0, 0.1) is 5.92 Å². The summed E-state index contributed by atoms with van der Waals surface area (Å²) in [4.78, 5) is 12.0. The molecule has 0 spiro atoms. The van der Waals surface area contributed by atoms with E-state index in [2.05, 4.69) is 0 Å². The second-order valence-corrected chi connectivity index (χ2v) is 7.18. The van der Waals surface area contributed by atoms with Gasteiger partial charge >= 0.3 is 5.97 Å². The van der Waals surface area contributed by atoms with Gasteiger partial charge in [0.25, 0.3) is 0 Å².